The summed E-state index contributed by atoms with van der Waals surface area (Å²) in [6.45, 7) is 1.45. The fourth-order valence-electron chi connectivity index (χ4n) is 1.68. The van der Waals surface area contributed by atoms with Gasteiger partial charge in [0.1, 0.15) is 0 Å². The molecular formula is C11H11Br2NO2. The van der Waals surface area contributed by atoms with Gasteiger partial charge in [-0.3, -0.25) is 4.79 Å². The van der Waals surface area contributed by atoms with Gasteiger partial charge < -0.3 is 10.0 Å². The average Bonchev–Trinajstić information content (AvgIpc) is 2.20. The Hall–Kier alpha value is -0.390. The van der Waals surface area contributed by atoms with Gasteiger partial charge in [-0.15, -0.1) is 0 Å². The molecular weight excluding hydrogens is 338 g/mol. The van der Waals surface area contributed by atoms with Crippen molar-refractivity contribution in [3.05, 3.63) is 32.7 Å². The SMILES string of the molecule is O=C(c1cc(Br)ccc1Br)N1CC(CO)C1. The molecule has 1 amide bonds. The first-order chi connectivity index (χ1) is 7.61. The molecule has 0 bridgehead atoms. The number of nitrogens with zero attached hydrogens (tertiary/aromatic N) is 1. The van der Waals surface area contributed by atoms with Crippen LogP contribution < -0.4 is 0 Å². The van der Waals surface area contributed by atoms with Crippen LogP contribution in [0.5, 0.6) is 0 Å². The zero-order valence-electron chi connectivity index (χ0n) is 8.49. The highest BCUT2D eigenvalue weighted by atomic mass is 79.9. The summed E-state index contributed by atoms with van der Waals surface area (Å²) in [6.07, 6.45) is 0. The van der Waals surface area contributed by atoms with Gasteiger partial charge in [-0.05, 0) is 34.1 Å². The molecule has 1 N–H and O–H groups in total. The van der Waals surface area contributed by atoms with Crippen molar-refractivity contribution in [2.75, 3.05) is 19.7 Å². The van der Waals surface area contributed by atoms with Crippen molar-refractivity contribution in [1.29, 1.82) is 0 Å². The number of amides is 1. The number of likely N-dealkylation sites (tertiary alicyclic amines) is 1. The molecule has 0 radical (unpaired) electrons. The van der Waals surface area contributed by atoms with Crippen LogP contribution in [0.25, 0.3) is 0 Å². The molecule has 2 rings (SSSR count). The third-order valence-corrected chi connectivity index (χ3v) is 3.85. The van der Waals surface area contributed by atoms with E-state index in [1.807, 2.05) is 12.1 Å². The second-order valence-corrected chi connectivity index (χ2v) is 5.65. The van der Waals surface area contributed by atoms with Gasteiger partial charge in [0, 0.05) is 34.6 Å². The lowest BCUT2D eigenvalue weighted by Crippen LogP contribution is -2.51. The molecule has 16 heavy (non-hydrogen) atoms. The number of aliphatic hydroxyl groups is 1. The van der Waals surface area contributed by atoms with Gasteiger partial charge in [0.05, 0.1) is 5.56 Å². The Morgan fingerprint density at radius 3 is 2.75 bits per heavy atom. The molecule has 3 nitrogen and oxygen atoms in total. The summed E-state index contributed by atoms with van der Waals surface area (Å²) in [5.74, 6) is 0.257. The average molecular weight is 349 g/mol. The molecule has 0 spiro atoms. The Morgan fingerprint density at radius 1 is 1.44 bits per heavy atom. The van der Waals surface area contributed by atoms with Crippen molar-refractivity contribution in [3.8, 4) is 0 Å². The highest BCUT2D eigenvalue weighted by Crippen LogP contribution is 2.25. The summed E-state index contributed by atoms with van der Waals surface area (Å²) in [4.78, 5) is 13.8. The van der Waals surface area contributed by atoms with E-state index in [9.17, 15) is 4.79 Å². The smallest absolute Gasteiger partial charge is 0.255 e. The summed E-state index contributed by atoms with van der Waals surface area (Å²) in [5, 5.41) is 8.90. The molecule has 86 valence electrons. The van der Waals surface area contributed by atoms with Crippen molar-refractivity contribution in [1.82, 2.24) is 4.90 Å². The lowest BCUT2D eigenvalue weighted by molar-refractivity contribution is 0.0361. The van der Waals surface area contributed by atoms with E-state index in [-0.39, 0.29) is 18.4 Å². The summed E-state index contributed by atoms with van der Waals surface area (Å²) < 4.78 is 1.69. The Balaban J connectivity index is 2.13. The molecule has 1 aliphatic heterocycles. The lowest BCUT2D eigenvalue weighted by Gasteiger charge is -2.38. The minimum atomic E-state index is 0.0119. The third kappa shape index (κ3) is 2.31. The number of carbonyl (C=O) groups excluding carboxylic acids is 1. The van der Waals surface area contributed by atoms with Crippen molar-refractivity contribution in [2.45, 2.75) is 0 Å². The van der Waals surface area contributed by atoms with Crippen LogP contribution in [0.3, 0.4) is 0 Å². The standard InChI is InChI=1S/C11H11Br2NO2/c12-8-1-2-10(13)9(3-8)11(16)14-4-7(5-14)6-15/h1-3,7,15H,4-6H2. The van der Waals surface area contributed by atoms with E-state index in [1.54, 1.807) is 11.0 Å². The second kappa shape index (κ2) is 4.85. The number of rotatable bonds is 2. The molecule has 1 saturated heterocycles. The number of benzene rings is 1. The van der Waals surface area contributed by atoms with Crippen molar-refractivity contribution < 1.29 is 9.90 Å². The first-order valence-corrected chi connectivity index (χ1v) is 6.55. The van der Waals surface area contributed by atoms with E-state index >= 15 is 0 Å². The minimum absolute atomic E-state index is 0.0119. The molecule has 1 aromatic carbocycles. The second-order valence-electron chi connectivity index (χ2n) is 3.88. The molecule has 0 aliphatic carbocycles. The van der Waals surface area contributed by atoms with Crippen molar-refractivity contribution in [3.63, 3.8) is 0 Å². The van der Waals surface area contributed by atoms with Crippen LogP contribution in [-0.2, 0) is 0 Å². The molecule has 0 saturated carbocycles. The summed E-state index contributed by atoms with van der Waals surface area (Å²) in [7, 11) is 0. The van der Waals surface area contributed by atoms with Gasteiger partial charge in [-0.2, -0.15) is 0 Å². The van der Waals surface area contributed by atoms with Gasteiger partial charge in [-0.25, -0.2) is 0 Å². The van der Waals surface area contributed by atoms with E-state index in [2.05, 4.69) is 31.9 Å². The highest BCUT2D eigenvalue weighted by molar-refractivity contribution is 9.11. The van der Waals surface area contributed by atoms with Crippen LogP contribution in [0.15, 0.2) is 27.1 Å². The van der Waals surface area contributed by atoms with Crippen LogP contribution in [0.2, 0.25) is 0 Å². The summed E-state index contributed by atoms with van der Waals surface area (Å²) >= 11 is 6.71. The Morgan fingerprint density at radius 2 is 2.12 bits per heavy atom. The van der Waals surface area contributed by atoms with Crippen molar-refractivity contribution in [2.24, 2.45) is 5.92 Å². The van der Waals surface area contributed by atoms with Crippen LogP contribution in [-0.4, -0.2) is 35.6 Å². The first-order valence-electron chi connectivity index (χ1n) is 4.97. The molecule has 1 aromatic rings. The zero-order chi connectivity index (χ0) is 11.7. The fourth-order valence-corrected chi connectivity index (χ4v) is 2.46. The molecule has 0 aromatic heterocycles. The Labute approximate surface area is 111 Å². The van der Waals surface area contributed by atoms with Crippen LogP contribution >= 0.6 is 31.9 Å². The molecule has 1 fully saturated rings. The number of hydrogen-bond donors (Lipinski definition) is 1. The number of hydrogen-bond acceptors (Lipinski definition) is 2. The maximum atomic E-state index is 12.1. The normalized spacial score (nSPS) is 16.1. The number of carbonyl (C=O) groups is 1. The third-order valence-electron chi connectivity index (χ3n) is 2.66. The number of aliphatic hydroxyl groups excluding tert-OH is 1. The van der Waals surface area contributed by atoms with Gasteiger partial charge in [0.25, 0.3) is 5.91 Å². The quantitative estimate of drug-likeness (QED) is 0.890. The molecule has 5 heteroatoms. The topological polar surface area (TPSA) is 40.5 Å². The van der Waals surface area contributed by atoms with Gasteiger partial charge in [0.15, 0.2) is 0 Å². The fraction of sp³-hybridized carbons (Fsp3) is 0.364. The monoisotopic (exact) mass is 347 g/mol. The molecule has 1 heterocycles. The Bertz CT molecular complexity index is 416. The molecule has 0 unspecified atom stereocenters. The van der Waals surface area contributed by atoms with E-state index in [4.69, 9.17) is 5.11 Å². The van der Waals surface area contributed by atoms with E-state index in [1.165, 1.54) is 0 Å². The van der Waals surface area contributed by atoms with E-state index in [0.29, 0.717) is 18.7 Å². The highest BCUT2D eigenvalue weighted by Gasteiger charge is 2.31. The lowest BCUT2D eigenvalue weighted by atomic mass is 10.00. The maximum absolute atomic E-state index is 12.1. The molecule has 0 atom stereocenters. The predicted octanol–water partition coefficient (Wildman–Crippen LogP) is 2.28. The van der Waals surface area contributed by atoms with Gasteiger partial charge in [-0.1, -0.05) is 15.9 Å². The predicted molar refractivity (Wildman–Crippen MR) is 68.3 cm³/mol. The number of halogens is 2. The van der Waals surface area contributed by atoms with Crippen LogP contribution in [0.1, 0.15) is 10.4 Å². The van der Waals surface area contributed by atoms with Crippen LogP contribution in [0, 0.1) is 5.92 Å². The summed E-state index contributed by atoms with van der Waals surface area (Å²) in [6, 6.07) is 5.53. The first kappa shape index (κ1) is 12.1. The van der Waals surface area contributed by atoms with E-state index < -0.39 is 0 Å². The van der Waals surface area contributed by atoms with Crippen LogP contribution in [0.4, 0.5) is 0 Å². The van der Waals surface area contributed by atoms with Gasteiger partial charge in [0.2, 0.25) is 0 Å². The Kier molecular flexibility index (Phi) is 3.66. The summed E-state index contributed by atoms with van der Waals surface area (Å²) in [5.41, 5.74) is 0.658. The van der Waals surface area contributed by atoms with E-state index in [0.717, 1.165) is 8.95 Å². The zero-order valence-corrected chi connectivity index (χ0v) is 11.7. The minimum Gasteiger partial charge on any atom is -0.396 e. The maximum Gasteiger partial charge on any atom is 0.255 e. The van der Waals surface area contributed by atoms with Crippen molar-refractivity contribution >= 4 is 37.8 Å². The molecule has 1 aliphatic rings. The van der Waals surface area contributed by atoms with Gasteiger partial charge >= 0.3 is 0 Å². The largest absolute Gasteiger partial charge is 0.396 e.